The zero-order valence-electron chi connectivity index (χ0n) is 14.4. The fourth-order valence-electron chi connectivity index (χ4n) is 4.25. The van der Waals surface area contributed by atoms with Crippen LogP contribution < -0.4 is 4.74 Å². The van der Waals surface area contributed by atoms with Gasteiger partial charge in [0.15, 0.2) is 0 Å². The van der Waals surface area contributed by atoms with Crippen molar-refractivity contribution in [2.45, 2.75) is 65.9 Å². The van der Waals surface area contributed by atoms with E-state index in [0.717, 1.165) is 36.1 Å². The molecule has 2 atom stereocenters. The molecule has 1 aliphatic rings. The van der Waals surface area contributed by atoms with Gasteiger partial charge in [0.2, 0.25) is 0 Å². The predicted octanol–water partition coefficient (Wildman–Crippen LogP) is 4.74. The first-order valence-electron chi connectivity index (χ1n) is 8.08. The summed E-state index contributed by atoms with van der Waals surface area (Å²) in [5, 5.41) is 11.6. The van der Waals surface area contributed by atoms with Gasteiger partial charge >= 0.3 is 0 Å². The predicted molar refractivity (Wildman–Crippen MR) is 87.8 cm³/mol. The summed E-state index contributed by atoms with van der Waals surface area (Å²) in [6.07, 6.45) is 4.20. The van der Waals surface area contributed by atoms with Crippen molar-refractivity contribution in [2.75, 3.05) is 7.11 Å². The van der Waals surface area contributed by atoms with Crippen LogP contribution in [0.5, 0.6) is 5.75 Å². The molecule has 118 valence electrons. The van der Waals surface area contributed by atoms with Gasteiger partial charge in [0.1, 0.15) is 5.75 Å². The molecule has 0 saturated heterocycles. The molecule has 2 nitrogen and oxygen atoms in total. The van der Waals surface area contributed by atoms with Crippen LogP contribution in [0.15, 0.2) is 12.1 Å². The molecule has 0 bridgehead atoms. The molecule has 1 N–H and O–H groups in total. The second-order valence-corrected chi connectivity index (χ2v) is 7.75. The molecule has 1 saturated carbocycles. The van der Waals surface area contributed by atoms with Crippen LogP contribution >= 0.6 is 0 Å². The summed E-state index contributed by atoms with van der Waals surface area (Å²) < 4.78 is 5.63. The number of rotatable bonds is 2. The highest BCUT2D eigenvalue weighted by Gasteiger charge is 2.47. The molecule has 1 aliphatic carbocycles. The van der Waals surface area contributed by atoms with E-state index in [1.807, 2.05) is 0 Å². The van der Waals surface area contributed by atoms with Crippen molar-refractivity contribution in [3.05, 3.63) is 28.8 Å². The number of aryl methyl sites for hydroxylation is 2. The molecule has 2 unspecified atom stereocenters. The van der Waals surface area contributed by atoms with E-state index in [4.69, 9.17) is 4.74 Å². The fourth-order valence-corrected chi connectivity index (χ4v) is 4.25. The van der Waals surface area contributed by atoms with Crippen molar-refractivity contribution in [1.82, 2.24) is 0 Å². The summed E-state index contributed by atoms with van der Waals surface area (Å²) in [7, 11) is 1.70. The summed E-state index contributed by atoms with van der Waals surface area (Å²) in [6.45, 7) is 10.9. The normalized spacial score (nSPS) is 26.7. The number of ether oxygens (including phenoxy) is 1. The Kier molecular flexibility index (Phi) is 4.39. The topological polar surface area (TPSA) is 29.5 Å². The Hall–Kier alpha value is -1.02. The molecule has 0 heterocycles. The minimum Gasteiger partial charge on any atom is -0.496 e. The smallest absolute Gasteiger partial charge is 0.125 e. The van der Waals surface area contributed by atoms with Crippen molar-refractivity contribution in [2.24, 2.45) is 11.3 Å². The van der Waals surface area contributed by atoms with Gasteiger partial charge in [-0.3, -0.25) is 0 Å². The number of aliphatic hydroxyl groups is 1. The summed E-state index contributed by atoms with van der Waals surface area (Å²) in [5.74, 6) is 1.10. The Balaban J connectivity index is 2.61. The lowest BCUT2D eigenvalue weighted by Gasteiger charge is -2.48. The Morgan fingerprint density at radius 2 is 1.86 bits per heavy atom. The number of hydrogen-bond acceptors (Lipinski definition) is 2. The van der Waals surface area contributed by atoms with Gasteiger partial charge in [-0.1, -0.05) is 39.7 Å². The van der Waals surface area contributed by atoms with E-state index in [1.165, 1.54) is 12.0 Å². The van der Waals surface area contributed by atoms with Crippen LogP contribution in [-0.4, -0.2) is 12.2 Å². The maximum atomic E-state index is 11.6. The quantitative estimate of drug-likeness (QED) is 0.852. The van der Waals surface area contributed by atoms with Gasteiger partial charge in [0.05, 0.1) is 12.7 Å². The lowest BCUT2D eigenvalue weighted by Crippen LogP contribution is -2.45. The Morgan fingerprint density at radius 1 is 1.19 bits per heavy atom. The van der Waals surface area contributed by atoms with Gasteiger partial charge in [-0.2, -0.15) is 0 Å². The van der Waals surface area contributed by atoms with Crippen molar-refractivity contribution in [3.8, 4) is 5.75 Å². The minimum atomic E-state index is -0.778. The Labute approximate surface area is 129 Å². The molecule has 0 amide bonds. The molecule has 1 aromatic rings. The van der Waals surface area contributed by atoms with Crippen LogP contribution in [0.1, 0.15) is 63.1 Å². The highest BCUT2D eigenvalue weighted by molar-refractivity contribution is 5.47. The number of methoxy groups -OCH3 is 1. The zero-order valence-corrected chi connectivity index (χ0v) is 14.4. The van der Waals surface area contributed by atoms with Crippen molar-refractivity contribution < 1.29 is 9.84 Å². The van der Waals surface area contributed by atoms with Gasteiger partial charge < -0.3 is 9.84 Å². The highest BCUT2D eigenvalue weighted by Crippen LogP contribution is 2.52. The van der Waals surface area contributed by atoms with E-state index in [-0.39, 0.29) is 11.3 Å². The van der Waals surface area contributed by atoms with E-state index in [0.29, 0.717) is 0 Å². The summed E-state index contributed by atoms with van der Waals surface area (Å²) >= 11 is 0. The molecule has 0 aromatic heterocycles. The zero-order chi connectivity index (χ0) is 15.8. The number of benzene rings is 1. The average Bonchev–Trinajstić information content (AvgIpc) is 2.36. The van der Waals surface area contributed by atoms with Crippen molar-refractivity contribution in [1.29, 1.82) is 0 Å². The molecule has 0 aliphatic heterocycles. The van der Waals surface area contributed by atoms with Crippen LogP contribution in [0.25, 0.3) is 0 Å². The van der Waals surface area contributed by atoms with E-state index >= 15 is 0 Å². The molecule has 1 fully saturated rings. The fraction of sp³-hybridized carbons (Fsp3) is 0.684. The summed E-state index contributed by atoms with van der Waals surface area (Å²) in [6, 6.07) is 4.21. The van der Waals surface area contributed by atoms with Crippen LogP contribution in [0, 0.1) is 25.2 Å². The van der Waals surface area contributed by atoms with E-state index in [1.54, 1.807) is 7.11 Å². The maximum absolute atomic E-state index is 11.6. The number of hydrogen-bond donors (Lipinski definition) is 1. The van der Waals surface area contributed by atoms with Crippen LogP contribution in [0.2, 0.25) is 0 Å². The molecular weight excluding hydrogens is 260 g/mol. The lowest BCUT2D eigenvalue weighted by molar-refractivity contribution is -0.0974. The lowest BCUT2D eigenvalue weighted by atomic mass is 9.61. The molecule has 1 aromatic carbocycles. The largest absolute Gasteiger partial charge is 0.496 e. The molecule has 0 radical (unpaired) electrons. The summed E-state index contributed by atoms with van der Waals surface area (Å²) in [5.41, 5.74) is 2.64. The van der Waals surface area contributed by atoms with E-state index < -0.39 is 5.60 Å². The Bertz CT molecular complexity index is 513. The molecule has 21 heavy (non-hydrogen) atoms. The van der Waals surface area contributed by atoms with Gasteiger partial charge in [0.25, 0.3) is 0 Å². The standard InChI is InChI=1S/C19H30O2/c1-13-11-14(2)17(15(12-13)21-6)19(20)10-8-7-9-16(19)18(3,4)5/h11-12,16,20H,7-10H2,1-6H3. The molecule has 2 rings (SSSR count). The third kappa shape index (κ3) is 2.96. The van der Waals surface area contributed by atoms with Crippen LogP contribution in [0.3, 0.4) is 0 Å². The first-order chi connectivity index (χ1) is 9.70. The van der Waals surface area contributed by atoms with Gasteiger partial charge in [-0.25, -0.2) is 0 Å². The molecular formula is C19H30O2. The van der Waals surface area contributed by atoms with Crippen molar-refractivity contribution >= 4 is 0 Å². The maximum Gasteiger partial charge on any atom is 0.125 e. The third-order valence-electron chi connectivity index (χ3n) is 5.02. The third-order valence-corrected chi connectivity index (χ3v) is 5.02. The second kappa shape index (κ2) is 5.64. The second-order valence-electron chi connectivity index (χ2n) is 7.75. The minimum absolute atomic E-state index is 0.0809. The first-order valence-corrected chi connectivity index (χ1v) is 8.08. The van der Waals surface area contributed by atoms with E-state index in [9.17, 15) is 5.11 Å². The first kappa shape index (κ1) is 16.4. The van der Waals surface area contributed by atoms with Gasteiger partial charge in [-0.05, 0) is 55.2 Å². The molecule has 0 spiro atoms. The van der Waals surface area contributed by atoms with Crippen molar-refractivity contribution in [3.63, 3.8) is 0 Å². The van der Waals surface area contributed by atoms with Crippen LogP contribution in [0.4, 0.5) is 0 Å². The average molecular weight is 290 g/mol. The monoisotopic (exact) mass is 290 g/mol. The summed E-state index contributed by atoms with van der Waals surface area (Å²) in [4.78, 5) is 0. The Morgan fingerprint density at radius 3 is 2.43 bits per heavy atom. The van der Waals surface area contributed by atoms with E-state index in [2.05, 4.69) is 46.8 Å². The highest BCUT2D eigenvalue weighted by atomic mass is 16.5. The van der Waals surface area contributed by atoms with Gasteiger partial charge in [0, 0.05) is 5.56 Å². The molecule has 2 heteroatoms. The van der Waals surface area contributed by atoms with Gasteiger partial charge in [-0.15, -0.1) is 0 Å². The SMILES string of the molecule is COc1cc(C)cc(C)c1C1(O)CCCCC1C(C)(C)C. The van der Waals surface area contributed by atoms with Crippen LogP contribution in [-0.2, 0) is 5.60 Å².